The largest absolute Gasteiger partial charge is 0.299 e. The molecule has 0 saturated heterocycles. The van der Waals surface area contributed by atoms with E-state index in [1.165, 1.54) is 12.1 Å². The van der Waals surface area contributed by atoms with Gasteiger partial charge in [-0.1, -0.05) is 18.6 Å². The summed E-state index contributed by atoms with van der Waals surface area (Å²) in [4.78, 5) is 16.2. The summed E-state index contributed by atoms with van der Waals surface area (Å²) in [7, 11) is 1.67. The molecule has 0 heterocycles. The van der Waals surface area contributed by atoms with Crippen molar-refractivity contribution in [1.29, 1.82) is 0 Å². The summed E-state index contributed by atoms with van der Waals surface area (Å²) in [6.07, 6.45) is 5.04. The van der Waals surface area contributed by atoms with E-state index in [0.29, 0.717) is 6.42 Å². The molecule has 2 rings (SSSR count). The minimum Gasteiger partial charge on any atom is -0.299 e. The summed E-state index contributed by atoms with van der Waals surface area (Å²) in [6, 6.07) is 6.20. The van der Waals surface area contributed by atoms with E-state index in [9.17, 15) is 9.18 Å². The summed E-state index contributed by atoms with van der Waals surface area (Å²) < 4.78 is 12.9. The van der Waals surface area contributed by atoms with Crippen LogP contribution in [0.5, 0.6) is 0 Å². The Morgan fingerprint density at radius 2 is 2.00 bits per heavy atom. The van der Waals surface area contributed by atoms with Crippen LogP contribution in [0.25, 0.3) is 0 Å². The first-order valence-electron chi connectivity index (χ1n) is 5.92. The van der Waals surface area contributed by atoms with Crippen LogP contribution >= 0.6 is 0 Å². The van der Waals surface area contributed by atoms with E-state index in [1.807, 2.05) is 0 Å². The number of ketones is 1. The molecule has 0 aliphatic heterocycles. The third kappa shape index (κ3) is 2.14. The predicted octanol–water partition coefficient (Wildman–Crippen LogP) is 2.91. The van der Waals surface area contributed by atoms with Crippen LogP contribution in [-0.4, -0.2) is 19.0 Å². The van der Waals surface area contributed by atoms with E-state index in [1.54, 1.807) is 25.4 Å². The number of nitrogens with zero attached hydrogens (tertiary/aromatic N) is 1. The highest BCUT2D eigenvalue weighted by atomic mass is 19.1. The molecule has 1 atom stereocenters. The zero-order valence-corrected chi connectivity index (χ0v) is 9.95. The lowest BCUT2D eigenvalue weighted by Gasteiger charge is -2.32. The molecule has 1 aromatic rings. The lowest BCUT2D eigenvalue weighted by atomic mass is 9.69. The summed E-state index contributed by atoms with van der Waals surface area (Å²) >= 11 is 0. The van der Waals surface area contributed by atoms with Gasteiger partial charge in [-0.3, -0.25) is 9.79 Å². The van der Waals surface area contributed by atoms with Crippen molar-refractivity contribution in [2.45, 2.75) is 31.1 Å². The monoisotopic (exact) mass is 233 g/mol. The third-order valence-corrected chi connectivity index (χ3v) is 3.43. The molecule has 17 heavy (non-hydrogen) atoms. The first kappa shape index (κ1) is 12.0. The lowest BCUT2D eigenvalue weighted by molar-refractivity contribution is -0.123. The Balaban J connectivity index is 2.46. The maximum absolute atomic E-state index is 12.9. The van der Waals surface area contributed by atoms with Crippen LogP contribution in [0.1, 0.15) is 31.2 Å². The topological polar surface area (TPSA) is 29.4 Å². The summed E-state index contributed by atoms with van der Waals surface area (Å²) in [5.74, 6) is -0.0819. The Bertz CT molecular complexity index is 438. The first-order chi connectivity index (χ1) is 8.19. The second-order valence-corrected chi connectivity index (χ2v) is 4.50. The Morgan fingerprint density at radius 1 is 1.29 bits per heavy atom. The molecule has 0 N–H and O–H groups in total. The van der Waals surface area contributed by atoms with Crippen molar-refractivity contribution in [3.63, 3.8) is 0 Å². The molecule has 0 radical (unpaired) electrons. The van der Waals surface area contributed by atoms with Crippen molar-refractivity contribution >= 4 is 12.0 Å². The van der Waals surface area contributed by atoms with Crippen molar-refractivity contribution < 1.29 is 9.18 Å². The summed E-state index contributed by atoms with van der Waals surface area (Å²) in [6.45, 7) is 0. The highest BCUT2D eigenvalue weighted by Crippen LogP contribution is 2.35. The molecule has 0 spiro atoms. The normalized spacial score (nSPS) is 25.4. The first-order valence-corrected chi connectivity index (χ1v) is 5.92. The molecule has 90 valence electrons. The Morgan fingerprint density at radius 3 is 2.59 bits per heavy atom. The van der Waals surface area contributed by atoms with Crippen LogP contribution < -0.4 is 0 Å². The van der Waals surface area contributed by atoms with Crippen LogP contribution in [0.3, 0.4) is 0 Å². The van der Waals surface area contributed by atoms with Gasteiger partial charge in [-0.25, -0.2) is 4.39 Å². The molecule has 1 aliphatic carbocycles. The van der Waals surface area contributed by atoms with Gasteiger partial charge in [0.25, 0.3) is 0 Å². The van der Waals surface area contributed by atoms with E-state index in [0.717, 1.165) is 24.8 Å². The fraction of sp³-hybridized carbons (Fsp3) is 0.429. The van der Waals surface area contributed by atoms with Gasteiger partial charge in [-0.05, 0) is 30.5 Å². The molecule has 1 fully saturated rings. The van der Waals surface area contributed by atoms with Crippen molar-refractivity contribution in [2.24, 2.45) is 4.99 Å². The van der Waals surface area contributed by atoms with Crippen LogP contribution in [-0.2, 0) is 10.2 Å². The minimum atomic E-state index is -0.624. The van der Waals surface area contributed by atoms with Crippen molar-refractivity contribution in [2.75, 3.05) is 7.05 Å². The number of halogens is 1. The van der Waals surface area contributed by atoms with E-state index >= 15 is 0 Å². The molecular formula is C14H16FNO. The van der Waals surface area contributed by atoms with Gasteiger partial charge in [0, 0.05) is 19.7 Å². The quantitative estimate of drug-likeness (QED) is 0.722. The average molecular weight is 233 g/mol. The van der Waals surface area contributed by atoms with Crippen LogP contribution in [0.2, 0.25) is 0 Å². The van der Waals surface area contributed by atoms with Gasteiger partial charge in [-0.2, -0.15) is 0 Å². The van der Waals surface area contributed by atoms with Crippen molar-refractivity contribution in [1.82, 2.24) is 0 Å². The van der Waals surface area contributed by atoms with Gasteiger partial charge in [0.15, 0.2) is 0 Å². The number of aliphatic imine (C=N–C) groups is 1. The van der Waals surface area contributed by atoms with Crippen molar-refractivity contribution in [3.05, 3.63) is 35.6 Å². The smallest absolute Gasteiger partial charge is 0.148 e. The highest BCUT2D eigenvalue weighted by Gasteiger charge is 2.39. The van der Waals surface area contributed by atoms with Crippen LogP contribution in [0.4, 0.5) is 4.39 Å². The molecular weight excluding hydrogens is 217 g/mol. The molecule has 0 aromatic heterocycles. The molecule has 3 heteroatoms. The predicted molar refractivity (Wildman–Crippen MR) is 66.0 cm³/mol. The Kier molecular flexibility index (Phi) is 3.36. The Labute approximate surface area is 101 Å². The molecule has 1 aliphatic rings. The number of benzene rings is 1. The molecule has 0 amide bonds. The number of Topliss-reactive ketones (excluding diaryl/α,β-unsaturated/α-hetero) is 1. The SMILES string of the molecule is C/N=C\[C@]1(c2ccc(F)cc2)CCCCC1=O. The minimum absolute atomic E-state index is 0.195. The van der Waals surface area contributed by atoms with Gasteiger partial charge in [0.2, 0.25) is 0 Å². The summed E-state index contributed by atoms with van der Waals surface area (Å²) in [5, 5.41) is 0. The van der Waals surface area contributed by atoms with Crippen molar-refractivity contribution in [3.8, 4) is 0 Å². The number of carbonyl (C=O) groups excluding carboxylic acids is 1. The van der Waals surface area contributed by atoms with E-state index < -0.39 is 5.41 Å². The molecule has 2 nitrogen and oxygen atoms in total. The second-order valence-electron chi connectivity index (χ2n) is 4.50. The number of hydrogen-bond acceptors (Lipinski definition) is 2. The third-order valence-electron chi connectivity index (χ3n) is 3.43. The van der Waals surface area contributed by atoms with Gasteiger partial charge in [0.05, 0.1) is 5.41 Å². The zero-order chi connectivity index (χ0) is 12.3. The number of hydrogen-bond donors (Lipinski definition) is 0. The highest BCUT2D eigenvalue weighted by molar-refractivity contribution is 6.06. The molecule has 0 unspecified atom stereocenters. The van der Waals surface area contributed by atoms with Gasteiger partial charge in [0.1, 0.15) is 11.6 Å². The van der Waals surface area contributed by atoms with Gasteiger partial charge < -0.3 is 0 Å². The maximum atomic E-state index is 12.9. The summed E-state index contributed by atoms with van der Waals surface area (Å²) in [5.41, 5.74) is 0.231. The lowest BCUT2D eigenvalue weighted by Crippen LogP contribution is -2.40. The molecule has 0 bridgehead atoms. The van der Waals surface area contributed by atoms with E-state index in [2.05, 4.69) is 4.99 Å². The Hall–Kier alpha value is -1.51. The number of carbonyl (C=O) groups is 1. The maximum Gasteiger partial charge on any atom is 0.148 e. The molecule has 1 saturated carbocycles. The average Bonchev–Trinajstić information content (AvgIpc) is 2.33. The van der Waals surface area contributed by atoms with E-state index in [-0.39, 0.29) is 11.6 Å². The van der Waals surface area contributed by atoms with E-state index in [4.69, 9.17) is 0 Å². The standard InChI is InChI=1S/C14H16FNO/c1-16-10-14(9-3-2-4-13(14)17)11-5-7-12(15)8-6-11/h5-8,10H,2-4,9H2,1H3/b16-10-/t14-/m0/s1. The fourth-order valence-corrected chi connectivity index (χ4v) is 2.54. The van der Waals surface area contributed by atoms with Crippen LogP contribution in [0.15, 0.2) is 29.3 Å². The van der Waals surface area contributed by atoms with Gasteiger partial charge >= 0.3 is 0 Å². The molecule has 1 aromatic carbocycles. The second kappa shape index (κ2) is 4.78. The van der Waals surface area contributed by atoms with Gasteiger partial charge in [-0.15, -0.1) is 0 Å². The zero-order valence-electron chi connectivity index (χ0n) is 9.95. The number of rotatable bonds is 2. The van der Waals surface area contributed by atoms with Crippen LogP contribution in [0, 0.1) is 5.82 Å². The fourth-order valence-electron chi connectivity index (χ4n) is 2.54.